The van der Waals surface area contributed by atoms with Crippen LogP contribution in [0.4, 0.5) is 0 Å². The third kappa shape index (κ3) is 2.90. The average molecular weight is 213 g/mol. The standard InChI is InChI=1S/C12H23NS/c1-11-7-5-6-10-13(11)14-12-8-3-2-4-9-12/h11-12H,2-10H2,1H3. The SMILES string of the molecule is CC1CCCCN1SC1CCCCC1. The molecule has 1 nitrogen and oxygen atoms in total. The third-order valence-electron chi connectivity index (χ3n) is 3.58. The fourth-order valence-electron chi connectivity index (χ4n) is 2.59. The van der Waals surface area contributed by atoms with E-state index in [9.17, 15) is 0 Å². The van der Waals surface area contributed by atoms with Crippen molar-refractivity contribution in [2.45, 2.75) is 69.6 Å². The highest BCUT2D eigenvalue weighted by atomic mass is 32.2. The molecular weight excluding hydrogens is 190 g/mol. The fraction of sp³-hybridized carbons (Fsp3) is 1.00. The van der Waals surface area contributed by atoms with E-state index in [1.807, 2.05) is 0 Å². The van der Waals surface area contributed by atoms with Gasteiger partial charge in [0.05, 0.1) is 0 Å². The molecule has 1 aliphatic carbocycles. The van der Waals surface area contributed by atoms with Gasteiger partial charge in [0.2, 0.25) is 0 Å². The lowest BCUT2D eigenvalue weighted by Crippen LogP contribution is -2.34. The molecule has 1 atom stereocenters. The summed E-state index contributed by atoms with van der Waals surface area (Å²) in [7, 11) is 0. The first kappa shape index (κ1) is 10.8. The first-order chi connectivity index (χ1) is 6.86. The van der Waals surface area contributed by atoms with Crippen molar-refractivity contribution in [3.8, 4) is 0 Å². The molecule has 0 aromatic carbocycles. The van der Waals surface area contributed by atoms with E-state index in [1.165, 1.54) is 57.9 Å². The Balaban J connectivity index is 1.76. The smallest absolute Gasteiger partial charge is 0.0195 e. The van der Waals surface area contributed by atoms with Crippen LogP contribution in [0.2, 0.25) is 0 Å². The van der Waals surface area contributed by atoms with E-state index < -0.39 is 0 Å². The van der Waals surface area contributed by atoms with Crippen LogP contribution in [0.25, 0.3) is 0 Å². The fourth-order valence-corrected chi connectivity index (χ4v) is 4.07. The summed E-state index contributed by atoms with van der Waals surface area (Å²) in [5, 5.41) is 0.948. The van der Waals surface area contributed by atoms with Crippen LogP contribution in [0, 0.1) is 0 Å². The van der Waals surface area contributed by atoms with E-state index in [0.717, 1.165) is 11.3 Å². The Hall–Kier alpha value is 0.310. The molecule has 2 aliphatic rings. The number of piperidine rings is 1. The molecule has 0 amide bonds. The van der Waals surface area contributed by atoms with E-state index in [4.69, 9.17) is 0 Å². The molecule has 2 rings (SSSR count). The Kier molecular flexibility index (Phi) is 4.18. The van der Waals surface area contributed by atoms with Crippen molar-refractivity contribution in [1.82, 2.24) is 4.31 Å². The molecule has 0 aromatic heterocycles. The zero-order chi connectivity index (χ0) is 9.80. The maximum Gasteiger partial charge on any atom is 0.0195 e. The van der Waals surface area contributed by atoms with E-state index in [0.29, 0.717) is 0 Å². The predicted octanol–water partition coefficient (Wildman–Crippen LogP) is 3.84. The lowest BCUT2D eigenvalue weighted by molar-refractivity contribution is 0.289. The highest BCUT2D eigenvalue weighted by Gasteiger charge is 2.23. The number of rotatable bonds is 2. The normalized spacial score (nSPS) is 31.9. The van der Waals surface area contributed by atoms with E-state index in [1.54, 1.807) is 0 Å². The molecule has 14 heavy (non-hydrogen) atoms. The lowest BCUT2D eigenvalue weighted by Gasteiger charge is -2.35. The maximum atomic E-state index is 2.67. The summed E-state index contributed by atoms with van der Waals surface area (Å²) in [5.41, 5.74) is 0. The Morgan fingerprint density at radius 1 is 0.929 bits per heavy atom. The Morgan fingerprint density at radius 2 is 1.64 bits per heavy atom. The summed E-state index contributed by atoms with van der Waals surface area (Å²) in [5.74, 6) is 0. The van der Waals surface area contributed by atoms with Crippen molar-refractivity contribution in [3.05, 3.63) is 0 Å². The average Bonchev–Trinajstić information content (AvgIpc) is 2.23. The Morgan fingerprint density at radius 3 is 2.36 bits per heavy atom. The summed E-state index contributed by atoms with van der Waals surface area (Å²) in [4.78, 5) is 0. The highest BCUT2D eigenvalue weighted by molar-refractivity contribution is 7.97. The second kappa shape index (κ2) is 5.41. The molecule has 0 aromatic rings. The first-order valence-electron chi connectivity index (χ1n) is 6.29. The molecule has 1 saturated carbocycles. The molecule has 1 saturated heterocycles. The van der Waals surface area contributed by atoms with Crippen molar-refractivity contribution >= 4 is 11.9 Å². The largest absolute Gasteiger partial charge is 0.248 e. The molecular formula is C12H23NS. The number of nitrogens with zero attached hydrogens (tertiary/aromatic N) is 1. The van der Waals surface area contributed by atoms with Crippen molar-refractivity contribution in [1.29, 1.82) is 0 Å². The van der Waals surface area contributed by atoms with Crippen molar-refractivity contribution in [3.63, 3.8) is 0 Å². The predicted molar refractivity (Wildman–Crippen MR) is 64.5 cm³/mol. The maximum absolute atomic E-state index is 2.67. The summed E-state index contributed by atoms with van der Waals surface area (Å²) < 4.78 is 2.67. The van der Waals surface area contributed by atoms with Crippen LogP contribution in [0.3, 0.4) is 0 Å². The van der Waals surface area contributed by atoms with Gasteiger partial charge in [0, 0.05) is 17.8 Å². The van der Waals surface area contributed by atoms with Crippen molar-refractivity contribution in [2.24, 2.45) is 0 Å². The van der Waals surface area contributed by atoms with Crippen LogP contribution in [-0.2, 0) is 0 Å². The van der Waals surface area contributed by atoms with Crippen LogP contribution in [0.5, 0.6) is 0 Å². The molecule has 2 fully saturated rings. The van der Waals surface area contributed by atoms with Crippen LogP contribution in [0.15, 0.2) is 0 Å². The quantitative estimate of drug-likeness (QED) is 0.641. The monoisotopic (exact) mass is 213 g/mol. The van der Waals surface area contributed by atoms with Gasteiger partial charge >= 0.3 is 0 Å². The molecule has 0 bridgehead atoms. The van der Waals surface area contributed by atoms with Gasteiger partial charge in [-0.2, -0.15) is 0 Å². The minimum Gasteiger partial charge on any atom is -0.248 e. The van der Waals surface area contributed by atoms with Gasteiger partial charge in [0.1, 0.15) is 0 Å². The number of hydrogen-bond donors (Lipinski definition) is 0. The summed E-state index contributed by atoms with van der Waals surface area (Å²) in [6.45, 7) is 3.73. The van der Waals surface area contributed by atoms with Gasteiger partial charge in [-0.15, -0.1) is 0 Å². The molecule has 0 spiro atoms. The molecule has 0 radical (unpaired) electrons. The van der Waals surface area contributed by atoms with E-state index in [-0.39, 0.29) is 0 Å². The molecule has 1 aliphatic heterocycles. The van der Waals surface area contributed by atoms with Crippen molar-refractivity contribution in [2.75, 3.05) is 6.54 Å². The topological polar surface area (TPSA) is 3.24 Å². The van der Waals surface area contributed by atoms with Gasteiger partial charge < -0.3 is 0 Å². The van der Waals surface area contributed by atoms with Gasteiger partial charge in [0.15, 0.2) is 0 Å². The summed E-state index contributed by atoms with van der Waals surface area (Å²) >= 11 is 2.18. The van der Waals surface area contributed by atoms with Gasteiger partial charge in [-0.05, 0) is 32.6 Å². The van der Waals surface area contributed by atoms with Crippen LogP contribution in [-0.4, -0.2) is 22.1 Å². The zero-order valence-electron chi connectivity index (χ0n) is 9.37. The minimum absolute atomic E-state index is 0.829. The van der Waals surface area contributed by atoms with E-state index >= 15 is 0 Å². The third-order valence-corrected chi connectivity index (χ3v) is 5.16. The Labute approximate surface area is 92.8 Å². The first-order valence-corrected chi connectivity index (χ1v) is 7.13. The van der Waals surface area contributed by atoms with Crippen molar-refractivity contribution < 1.29 is 0 Å². The second-order valence-electron chi connectivity index (χ2n) is 4.85. The molecule has 1 heterocycles. The highest BCUT2D eigenvalue weighted by Crippen LogP contribution is 2.34. The zero-order valence-corrected chi connectivity index (χ0v) is 10.2. The number of hydrogen-bond acceptors (Lipinski definition) is 2. The van der Waals surface area contributed by atoms with E-state index in [2.05, 4.69) is 23.2 Å². The summed E-state index contributed by atoms with van der Waals surface area (Å²) in [6, 6.07) is 0.829. The Bertz CT molecular complexity index is 166. The lowest BCUT2D eigenvalue weighted by atomic mass is 10.0. The molecule has 0 N–H and O–H groups in total. The van der Waals surface area contributed by atoms with Gasteiger partial charge in [-0.3, -0.25) is 0 Å². The minimum atomic E-state index is 0.829. The van der Waals surface area contributed by atoms with Gasteiger partial charge in [-0.25, -0.2) is 4.31 Å². The van der Waals surface area contributed by atoms with Crippen LogP contribution >= 0.6 is 11.9 Å². The van der Waals surface area contributed by atoms with Crippen LogP contribution < -0.4 is 0 Å². The van der Waals surface area contributed by atoms with Gasteiger partial charge in [-0.1, -0.05) is 37.6 Å². The molecule has 82 valence electrons. The molecule has 1 unspecified atom stereocenters. The summed E-state index contributed by atoms with van der Waals surface area (Å²) in [6.07, 6.45) is 11.6. The second-order valence-corrected chi connectivity index (χ2v) is 6.20. The van der Waals surface area contributed by atoms with Gasteiger partial charge in [0.25, 0.3) is 0 Å². The molecule has 2 heteroatoms. The van der Waals surface area contributed by atoms with Crippen LogP contribution in [0.1, 0.15) is 58.3 Å².